The van der Waals surface area contributed by atoms with Gasteiger partial charge >= 0.3 is 19.9 Å². The Bertz CT molecular complexity index is 1370. The highest BCUT2D eigenvalue weighted by Gasteiger charge is 2.54. The average Bonchev–Trinajstić information content (AvgIpc) is 3.43. The molecule has 19 heteroatoms. The first-order chi connectivity index (χ1) is 21.0. The Hall–Kier alpha value is -3.12. The van der Waals surface area contributed by atoms with E-state index < -0.39 is 75.6 Å². The Balaban J connectivity index is 1.84. The molecule has 45 heavy (non-hydrogen) atoms. The summed E-state index contributed by atoms with van der Waals surface area (Å²) in [6, 6.07) is -1.15. The largest absolute Gasteiger partial charge is 0.510 e. The SMILES string of the molecule is COc1nc(N)nc2c1ncn2[C@@H]1O[C@H](COP(=O)(N[C@@H](CC(C)C)C(=O)OC(C)C)OCOC(=O)OC(C)C)[C@@H](O)[C@@]1(C)O. The highest BCUT2D eigenvalue weighted by molar-refractivity contribution is 7.51. The highest BCUT2D eigenvalue weighted by atomic mass is 31.2. The second kappa shape index (κ2) is 15.0. The van der Waals surface area contributed by atoms with Crippen LogP contribution in [0.3, 0.4) is 0 Å². The summed E-state index contributed by atoms with van der Waals surface area (Å²) >= 11 is 0. The van der Waals surface area contributed by atoms with Crippen LogP contribution in [0.2, 0.25) is 0 Å². The number of hydrogen-bond donors (Lipinski definition) is 4. The molecule has 3 heterocycles. The van der Waals surface area contributed by atoms with Gasteiger partial charge in [-0.15, -0.1) is 0 Å². The van der Waals surface area contributed by atoms with E-state index in [2.05, 4.69) is 20.0 Å². The third kappa shape index (κ3) is 9.22. The van der Waals surface area contributed by atoms with Crippen molar-refractivity contribution in [2.75, 3.05) is 26.2 Å². The van der Waals surface area contributed by atoms with Gasteiger partial charge in [0, 0.05) is 0 Å². The van der Waals surface area contributed by atoms with Gasteiger partial charge in [0.1, 0.15) is 23.9 Å². The molecule has 254 valence electrons. The van der Waals surface area contributed by atoms with E-state index in [1.165, 1.54) is 24.9 Å². The first-order valence-corrected chi connectivity index (χ1v) is 15.8. The Morgan fingerprint density at radius 1 is 1.16 bits per heavy atom. The van der Waals surface area contributed by atoms with Gasteiger partial charge in [-0.1, -0.05) is 13.8 Å². The lowest BCUT2D eigenvalue weighted by Crippen LogP contribution is -2.44. The zero-order valence-electron chi connectivity index (χ0n) is 26.5. The van der Waals surface area contributed by atoms with Crippen LogP contribution < -0.4 is 15.6 Å². The van der Waals surface area contributed by atoms with Crippen LogP contribution in [-0.4, -0.2) is 98.4 Å². The normalized spacial score (nSPS) is 23.8. The van der Waals surface area contributed by atoms with Gasteiger partial charge in [-0.2, -0.15) is 9.97 Å². The molecule has 5 N–H and O–H groups in total. The zero-order valence-corrected chi connectivity index (χ0v) is 27.4. The number of nitrogen functional groups attached to an aromatic ring is 1. The van der Waals surface area contributed by atoms with Crippen LogP contribution in [0.5, 0.6) is 5.88 Å². The van der Waals surface area contributed by atoms with Crippen molar-refractivity contribution in [2.24, 2.45) is 5.92 Å². The van der Waals surface area contributed by atoms with Crippen molar-refractivity contribution in [1.82, 2.24) is 24.6 Å². The number of nitrogens with zero attached hydrogens (tertiary/aromatic N) is 4. The number of nitrogens with two attached hydrogens (primary N) is 1. The summed E-state index contributed by atoms with van der Waals surface area (Å²) in [6.45, 7) is 10.0. The number of carbonyl (C=O) groups is 2. The molecule has 0 radical (unpaired) electrons. The van der Waals surface area contributed by atoms with E-state index in [1.54, 1.807) is 27.7 Å². The van der Waals surface area contributed by atoms with E-state index in [4.69, 9.17) is 38.5 Å². The van der Waals surface area contributed by atoms with E-state index >= 15 is 0 Å². The Morgan fingerprint density at radius 3 is 2.42 bits per heavy atom. The number of imidazole rings is 1. The molecule has 0 spiro atoms. The van der Waals surface area contributed by atoms with Crippen LogP contribution in [0, 0.1) is 5.92 Å². The number of aliphatic hydroxyl groups is 2. The fourth-order valence-electron chi connectivity index (χ4n) is 4.43. The molecule has 1 fully saturated rings. The van der Waals surface area contributed by atoms with Crippen LogP contribution in [-0.2, 0) is 37.4 Å². The summed E-state index contributed by atoms with van der Waals surface area (Å²) in [6.07, 6.45) is -4.72. The highest BCUT2D eigenvalue weighted by Crippen LogP contribution is 2.47. The van der Waals surface area contributed by atoms with Crippen molar-refractivity contribution >= 4 is 37.0 Å². The molecular formula is C26H43N6O12P. The summed E-state index contributed by atoms with van der Waals surface area (Å²) in [5, 5.41) is 24.9. The topological polar surface area (TPSA) is 238 Å². The lowest BCUT2D eigenvalue weighted by atomic mass is 9.96. The first-order valence-electron chi connectivity index (χ1n) is 14.3. The predicted octanol–water partition coefficient (Wildman–Crippen LogP) is 2.04. The number of anilines is 1. The lowest BCUT2D eigenvalue weighted by molar-refractivity contribution is -0.150. The van der Waals surface area contributed by atoms with Crippen molar-refractivity contribution in [2.45, 2.75) is 97.2 Å². The first kappa shape index (κ1) is 36.3. The number of ether oxygens (including phenoxy) is 5. The standard InChI is InChI=1S/C26H43N6O12P/c1-13(2)9-16(22(34)42-14(3)4)31-45(37,41-12-39-25(35)43-15(5)6)40-10-17-19(33)26(7,36)23(44-17)32-11-28-18-20(32)29-24(27)30-21(18)38-8/h11,13-17,19,23,33,36H,9-10,12H2,1-8H3,(H,31,37)(H2,27,29,30)/t16-,17+,19+,23+,26+,45?/m0/s1. The minimum Gasteiger partial charge on any atom is -0.479 e. The van der Waals surface area contributed by atoms with Gasteiger partial charge < -0.3 is 39.6 Å². The molecule has 0 aliphatic carbocycles. The van der Waals surface area contributed by atoms with Gasteiger partial charge in [0.15, 0.2) is 17.4 Å². The number of aliphatic hydroxyl groups excluding tert-OH is 1. The fourth-order valence-corrected chi connectivity index (χ4v) is 5.78. The quantitative estimate of drug-likeness (QED) is 0.121. The van der Waals surface area contributed by atoms with E-state index in [9.17, 15) is 24.4 Å². The van der Waals surface area contributed by atoms with Crippen LogP contribution >= 0.6 is 7.75 Å². The number of methoxy groups -OCH3 is 1. The molecule has 3 rings (SSSR count). The maximum atomic E-state index is 14.0. The molecule has 18 nitrogen and oxygen atoms in total. The van der Waals surface area contributed by atoms with Crippen LogP contribution in [0.4, 0.5) is 10.7 Å². The van der Waals surface area contributed by atoms with Gasteiger partial charge in [-0.3, -0.25) is 18.4 Å². The third-order valence-electron chi connectivity index (χ3n) is 6.40. The summed E-state index contributed by atoms with van der Waals surface area (Å²) in [7, 11) is -3.13. The molecule has 1 aliphatic rings. The molecule has 2 aromatic heterocycles. The monoisotopic (exact) mass is 662 g/mol. The number of fused-ring (bicyclic) bond motifs is 1. The molecule has 1 unspecified atom stereocenters. The summed E-state index contributed by atoms with van der Waals surface area (Å²) in [4.78, 5) is 37.1. The predicted molar refractivity (Wildman–Crippen MR) is 157 cm³/mol. The number of esters is 1. The maximum absolute atomic E-state index is 14.0. The molecule has 1 saturated heterocycles. The van der Waals surface area contributed by atoms with Gasteiger partial charge in [0.2, 0.25) is 18.6 Å². The van der Waals surface area contributed by atoms with E-state index in [0.29, 0.717) is 0 Å². The lowest BCUT2D eigenvalue weighted by Gasteiger charge is -2.28. The van der Waals surface area contributed by atoms with Gasteiger partial charge in [0.05, 0.1) is 32.3 Å². The van der Waals surface area contributed by atoms with Crippen molar-refractivity contribution in [3.63, 3.8) is 0 Å². The zero-order chi connectivity index (χ0) is 33.7. The average molecular weight is 663 g/mol. The molecule has 0 aromatic carbocycles. The van der Waals surface area contributed by atoms with Crippen molar-refractivity contribution in [1.29, 1.82) is 0 Å². The summed E-state index contributed by atoms with van der Waals surface area (Å²) in [5.41, 5.74) is 4.24. The second-order valence-corrected chi connectivity index (χ2v) is 13.3. The molecular weight excluding hydrogens is 619 g/mol. The van der Waals surface area contributed by atoms with Crippen LogP contribution in [0.1, 0.15) is 61.1 Å². The minimum atomic E-state index is -4.51. The molecule has 1 aliphatic heterocycles. The van der Waals surface area contributed by atoms with E-state index in [0.717, 1.165) is 0 Å². The van der Waals surface area contributed by atoms with Crippen molar-refractivity contribution < 1.29 is 57.1 Å². The van der Waals surface area contributed by atoms with Crippen LogP contribution in [0.15, 0.2) is 6.33 Å². The fraction of sp³-hybridized carbons (Fsp3) is 0.731. The second-order valence-electron chi connectivity index (χ2n) is 11.5. The number of carbonyl (C=O) groups excluding carboxylic acids is 2. The van der Waals surface area contributed by atoms with Gasteiger partial charge in [0.25, 0.3) is 0 Å². The molecule has 0 saturated carbocycles. The Morgan fingerprint density at radius 2 is 1.82 bits per heavy atom. The Labute approximate surface area is 260 Å². The maximum Gasteiger partial charge on any atom is 0.510 e. The molecule has 2 aromatic rings. The third-order valence-corrected chi connectivity index (χ3v) is 7.97. The summed E-state index contributed by atoms with van der Waals surface area (Å²) < 4.78 is 52.4. The number of rotatable bonds is 15. The molecule has 6 atom stereocenters. The number of aromatic nitrogens is 4. The van der Waals surface area contributed by atoms with Gasteiger partial charge in [-0.25, -0.2) is 19.4 Å². The van der Waals surface area contributed by atoms with Crippen molar-refractivity contribution in [3.8, 4) is 5.88 Å². The van der Waals surface area contributed by atoms with Gasteiger partial charge in [-0.05, 0) is 47.0 Å². The smallest absolute Gasteiger partial charge is 0.479 e. The Kier molecular flexibility index (Phi) is 12.1. The molecule has 0 amide bonds. The van der Waals surface area contributed by atoms with E-state index in [-0.39, 0.29) is 35.3 Å². The van der Waals surface area contributed by atoms with E-state index in [1.807, 2.05) is 13.8 Å². The minimum absolute atomic E-state index is 0.0507. The number of hydrogen-bond acceptors (Lipinski definition) is 16. The van der Waals surface area contributed by atoms with Crippen molar-refractivity contribution in [3.05, 3.63) is 6.33 Å². The number of nitrogens with one attached hydrogen (secondary N) is 1. The van der Waals surface area contributed by atoms with Crippen LogP contribution in [0.25, 0.3) is 11.2 Å². The summed E-state index contributed by atoms with van der Waals surface area (Å²) in [5.74, 6) is -0.806. The molecule has 0 bridgehead atoms.